The van der Waals surface area contributed by atoms with E-state index >= 15 is 0 Å². The topological polar surface area (TPSA) is 52.6 Å². The second-order valence-electron chi connectivity index (χ2n) is 5.92. The predicted molar refractivity (Wildman–Crippen MR) is 88.8 cm³/mol. The van der Waals surface area contributed by atoms with Gasteiger partial charge in [0.05, 0.1) is 12.6 Å². The van der Waals surface area contributed by atoms with Crippen LogP contribution in [0.3, 0.4) is 0 Å². The van der Waals surface area contributed by atoms with Crippen molar-refractivity contribution in [2.24, 2.45) is 0 Å². The van der Waals surface area contributed by atoms with E-state index in [0.29, 0.717) is 18.1 Å². The molecule has 122 valence electrons. The molecule has 0 saturated carbocycles. The highest BCUT2D eigenvalue weighted by Gasteiger charge is 2.28. The lowest BCUT2D eigenvalue weighted by molar-refractivity contribution is -0.124. The second-order valence-corrected chi connectivity index (χ2v) is 6.35. The zero-order valence-electron chi connectivity index (χ0n) is 13.1. The van der Waals surface area contributed by atoms with Gasteiger partial charge in [0.1, 0.15) is 0 Å². The van der Waals surface area contributed by atoms with E-state index in [9.17, 15) is 9.90 Å². The third-order valence-corrected chi connectivity index (χ3v) is 4.49. The molecule has 1 fully saturated rings. The van der Waals surface area contributed by atoms with Crippen molar-refractivity contribution < 1.29 is 9.90 Å². The Balaban J connectivity index is 1.84. The first kappa shape index (κ1) is 17.3. The quantitative estimate of drug-likeness (QED) is 0.845. The van der Waals surface area contributed by atoms with E-state index in [1.807, 2.05) is 31.2 Å². The van der Waals surface area contributed by atoms with Crippen molar-refractivity contribution in [1.29, 1.82) is 0 Å². The van der Waals surface area contributed by atoms with Crippen LogP contribution < -0.4 is 5.32 Å². The number of rotatable bonds is 6. The first-order chi connectivity index (χ1) is 10.6. The fraction of sp³-hybridized carbons (Fsp3) is 0.588. The summed E-state index contributed by atoms with van der Waals surface area (Å²) in [6.07, 6.45) is 3.57. The number of halogens is 1. The zero-order chi connectivity index (χ0) is 15.9. The average molecular weight is 325 g/mol. The molecule has 1 aliphatic heterocycles. The highest BCUT2D eigenvalue weighted by molar-refractivity contribution is 6.30. The van der Waals surface area contributed by atoms with Crippen molar-refractivity contribution in [3.8, 4) is 0 Å². The summed E-state index contributed by atoms with van der Waals surface area (Å²) in [5.41, 5.74) is 0.990. The molecule has 4 nitrogen and oxygen atoms in total. The molecule has 5 heteroatoms. The van der Waals surface area contributed by atoms with E-state index in [1.165, 1.54) is 0 Å². The Morgan fingerprint density at radius 1 is 1.50 bits per heavy atom. The van der Waals surface area contributed by atoms with E-state index in [1.54, 1.807) is 0 Å². The Hall–Kier alpha value is -1.10. The average Bonchev–Trinajstić information content (AvgIpc) is 2.53. The minimum atomic E-state index is -0.346. The van der Waals surface area contributed by atoms with E-state index < -0.39 is 0 Å². The van der Waals surface area contributed by atoms with Gasteiger partial charge in [-0.25, -0.2) is 0 Å². The summed E-state index contributed by atoms with van der Waals surface area (Å²) in [5.74, 6) is -0.00446. The van der Waals surface area contributed by atoms with E-state index in [-0.39, 0.29) is 18.1 Å². The molecule has 1 amide bonds. The van der Waals surface area contributed by atoms with Gasteiger partial charge in [0.25, 0.3) is 0 Å². The highest BCUT2D eigenvalue weighted by Crippen LogP contribution is 2.20. The largest absolute Gasteiger partial charge is 0.392 e. The van der Waals surface area contributed by atoms with Gasteiger partial charge in [0.15, 0.2) is 0 Å². The van der Waals surface area contributed by atoms with Crippen LogP contribution in [0.15, 0.2) is 24.3 Å². The highest BCUT2D eigenvalue weighted by atomic mass is 35.5. The predicted octanol–water partition coefficient (Wildman–Crippen LogP) is 2.58. The molecule has 1 aromatic rings. The maximum Gasteiger partial charge on any atom is 0.234 e. The van der Waals surface area contributed by atoms with Gasteiger partial charge in [-0.1, -0.05) is 37.1 Å². The Morgan fingerprint density at radius 3 is 3.05 bits per heavy atom. The standard InChI is InChI=1S/C17H25ClN2O2/c1-2-16(21)15-8-3-4-9-20(15)12-17(22)19-11-13-6-5-7-14(18)10-13/h5-7,10,15-16,21H,2-4,8-9,11-12H2,1H3,(H,19,22). The van der Waals surface area contributed by atoms with Crippen LogP contribution in [-0.2, 0) is 11.3 Å². The minimum absolute atomic E-state index is 0.00446. The Morgan fingerprint density at radius 2 is 2.32 bits per heavy atom. The van der Waals surface area contributed by atoms with Crippen molar-refractivity contribution >= 4 is 17.5 Å². The molecule has 1 heterocycles. The van der Waals surface area contributed by atoms with Gasteiger partial charge in [-0.15, -0.1) is 0 Å². The third-order valence-electron chi connectivity index (χ3n) is 4.25. The monoisotopic (exact) mass is 324 g/mol. The van der Waals surface area contributed by atoms with Crippen molar-refractivity contribution in [2.45, 2.75) is 51.3 Å². The van der Waals surface area contributed by atoms with Gasteiger partial charge < -0.3 is 10.4 Å². The lowest BCUT2D eigenvalue weighted by Gasteiger charge is -2.37. The van der Waals surface area contributed by atoms with E-state index in [0.717, 1.165) is 37.8 Å². The number of aliphatic hydroxyl groups excluding tert-OH is 1. The van der Waals surface area contributed by atoms with Crippen LogP contribution in [0.5, 0.6) is 0 Å². The number of likely N-dealkylation sites (tertiary alicyclic amines) is 1. The lowest BCUT2D eigenvalue weighted by Crippen LogP contribution is -2.50. The second kappa shape index (κ2) is 8.51. The maximum absolute atomic E-state index is 12.2. The summed E-state index contributed by atoms with van der Waals surface area (Å²) < 4.78 is 0. The fourth-order valence-corrected chi connectivity index (χ4v) is 3.22. The summed E-state index contributed by atoms with van der Waals surface area (Å²) in [5, 5.41) is 13.7. The normalized spacial score (nSPS) is 20.6. The molecule has 0 aromatic heterocycles. The Bertz CT molecular complexity index is 495. The number of nitrogens with zero attached hydrogens (tertiary/aromatic N) is 1. The molecule has 1 aliphatic rings. The zero-order valence-corrected chi connectivity index (χ0v) is 13.9. The van der Waals surface area contributed by atoms with Crippen LogP contribution in [0.1, 0.15) is 38.2 Å². The van der Waals surface area contributed by atoms with Gasteiger partial charge in [-0.3, -0.25) is 9.69 Å². The molecule has 0 spiro atoms. The maximum atomic E-state index is 12.2. The van der Waals surface area contributed by atoms with Crippen LogP contribution in [0.2, 0.25) is 5.02 Å². The molecule has 0 aliphatic carbocycles. The molecule has 2 atom stereocenters. The number of amides is 1. The summed E-state index contributed by atoms with van der Waals surface area (Å²) >= 11 is 5.94. The number of benzene rings is 1. The van der Waals surface area contributed by atoms with Gasteiger partial charge in [-0.05, 0) is 43.5 Å². The summed E-state index contributed by atoms with van der Waals surface area (Å²) in [6.45, 7) is 3.69. The van der Waals surface area contributed by atoms with Crippen molar-refractivity contribution in [3.63, 3.8) is 0 Å². The van der Waals surface area contributed by atoms with Crippen LogP contribution >= 0.6 is 11.6 Å². The molecule has 2 rings (SSSR count). The Labute approximate surface area is 137 Å². The number of piperidine rings is 1. The fourth-order valence-electron chi connectivity index (χ4n) is 3.01. The number of carbonyl (C=O) groups is 1. The molecule has 0 radical (unpaired) electrons. The lowest BCUT2D eigenvalue weighted by atomic mass is 9.96. The van der Waals surface area contributed by atoms with Crippen LogP contribution in [0.4, 0.5) is 0 Å². The molecular weight excluding hydrogens is 300 g/mol. The minimum Gasteiger partial charge on any atom is -0.392 e. The van der Waals surface area contributed by atoms with Crippen molar-refractivity contribution in [2.75, 3.05) is 13.1 Å². The number of nitrogens with one attached hydrogen (secondary N) is 1. The van der Waals surface area contributed by atoms with Crippen LogP contribution in [0, 0.1) is 0 Å². The van der Waals surface area contributed by atoms with Gasteiger partial charge in [0, 0.05) is 17.6 Å². The van der Waals surface area contributed by atoms with Crippen molar-refractivity contribution in [1.82, 2.24) is 10.2 Å². The molecule has 0 bridgehead atoms. The summed E-state index contributed by atoms with van der Waals surface area (Å²) in [6, 6.07) is 7.60. The summed E-state index contributed by atoms with van der Waals surface area (Å²) in [7, 11) is 0. The molecule has 1 saturated heterocycles. The SMILES string of the molecule is CCC(O)C1CCCCN1CC(=O)NCc1cccc(Cl)c1. The number of hydrogen-bond acceptors (Lipinski definition) is 3. The molecule has 1 aromatic carbocycles. The number of aliphatic hydroxyl groups is 1. The summed E-state index contributed by atoms with van der Waals surface area (Å²) in [4.78, 5) is 14.3. The molecule has 2 N–H and O–H groups in total. The van der Waals surface area contributed by atoms with E-state index in [4.69, 9.17) is 11.6 Å². The molecule has 2 unspecified atom stereocenters. The smallest absolute Gasteiger partial charge is 0.234 e. The third kappa shape index (κ3) is 4.97. The van der Waals surface area contributed by atoms with E-state index in [2.05, 4.69) is 10.2 Å². The van der Waals surface area contributed by atoms with Gasteiger partial charge in [-0.2, -0.15) is 0 Å². The Kier molecular flexibility index (Phi) is 6.68. The van der Waals surface area contributed by atoms with Crippen LogP contribution in [-0.4, -0.2) is 41.1 Å². The van der Waals surface area contributed by atoms with Gasteiger partial charge in [0.2, 0.25) is 5.91 Å². The number of carbonyl (C=O) groups excluding carboxylic acids is 1. The van der Waals surface area contributed by atoms with Crippen LogP contribution in [0.25, 0.3) is 0 Å². The molecule has 22 heavy (non-hydrogen) atoms. The molecular formula is C17H25ClN2O2. The first-order valence-electron chi connectivity index (χ1n) is 8.03. The number of hydrogen-bond donors (Lipinski definition) is 2. The van der Waals surface area contributed by atoms with Gasteiger partial charge >= 0.3 is 0 Å². The first-order valence-corrected chi connectivity index (χ1v) is 8.41. The van der Waals surface area contributed by atoms with Crippen molar-refractivity contribution in [3.05, 3.63) is 34.9 Å².